The highest BCUT2D eigenvalue weighted by molar-refractivity contribution is 5.78. The van der Waals surface area contributed by atoms with Gasteiger partial charge < -0.3 is 29.7 Å². The largest absolute Gasteiger partial charge is 0.394 e. The van der Waals surface area contributed by atoms with Crippen LogP contribution in [-0.2, 0) is 11.3 Å². The van der Waals surface area contributed by atoms with Crippen LogP contribution in [0.1, 0.15) is 0 Å². The molecular formula is C22H24N2O5. The van der Waals surface area contributed by atoms with E-state index in [1.807, 2.05) is 65.2 Å². The molecule has 0 saturated carbocycles. The summed E-state index contributed by atoms with van der Waals surface area (Å²) in [4.78, 5) is 4.59. The molecule has 0 unspecified atom stereocenters. The van der Waals surface area contributed by atoms with Crippen LogP contribution in [-0.4, -0.2) is 67.1 Å². The van der Waals surface area contributed by atoms with Gasteiger partial charge in [-0.25, -0.2) is 4.98 Å². The first kappa shape index (κ1) is 19.8. The highest BCUT2D eigenvalue weighted by Crippen LogP contribution is 2.32. The van der Waals surface area contributed by atoms with Gasteiger partial charge in [0, 0.05) is 11.1 Å². The summed E-state index contributed by atoms with van der Waals surface area (Å²) >= 11 is 0. The zero-order valence-electron chi connectivity index (χ0n) is 15.7. The predicted octanol–water partition coefficient (Wildman–Crippen LogP) is 1.06. The Bertz CT molecular complexity index is 929. The van der Waals surface area contributed by atoms with E-state index in [2.05, 4.69) is 4.98 Å². The minimum absolute atomic E-state index is 0.200. The van der Waals surface area contributed by atoms with E-state index in [4.69, 9.17) is 4.74 Å². The molecule has 0 bridgehead atoms. The lowest BCUT2D eigenvalue weighted by Crippen LogP contribution is -2.59. The van der Waals surface area contributed by atoms with Gasteiger partial charge >= 0.3 is 0 Å². The van der Waals surface area contributed by atoms with Gasteiger partial charge in [-0.05, 0) is 0 Å². The Kier molecular flexibility index (Phi) is 5.75. The van der Waals surface area contributed by atoms with E-state index in [1.165, 1.54) is 0 Å². The summed E-state index contributed by atoms with van der Waals surface area (Å²) in [7, 11) is 0. The first-order valence-corrected chi connectivity index (χ1v) is 9.56. The molecule has 4 N–H and O–H groups in total. The Labute approximate surface area is 168 Å². The molecule has 0 spiro atoms. The third-order valence-electron chi connectivity index (χ3n) is 5.30. The molecular weight excluding hydrogens is 372 g/mol. The van der Waals surface area contributed by atoms with E-state index in [0.29, 0.717) is 0 Å². The molecule has 2 aromatic carbocycles. The molecule has 1 saturated heterocycles. The fourth-order valence-electron chi connectivity index (χ4n) is 3.75. The third-order valence-corrected chi connectivity index (χ3v) is 5.30. The van der Waals surface area contributed by atoms with E-state index in [0.717, 1.165) is 22.5 Å². The Morgan fingerprint density at radius 2 is 1.38 bits per heavy atom. The molecule has 152 valence electrons. The number of rotatable bonds is 5. The molecule has 1 fully saturated rings. The molecule has 1 aromatic heterocycles. The molecule has 0 amide bonds. The normalized spacial score (nSPS) is 27.1. The molecule has 0 aliphatic carbocycles. The zero-order valence-corrected chi connectivity index (χ0v) is 15.7. The van der Waals surface area contributed by atoms with Crippen molar-refractivity contribution in [2.45, 2.75) is 37.1 Å². The van der Waals surface area contributed by atoms with Gasteiger partial charge in [0.15, 0.2) is 0 Å². The Morgan fingerprint density at radius 1 is 0.793 bits per heavy atom. The van der Waals surface area contributed by atoms with Crippen molar-refractivity contribution in [3.8, 4) is 22.5 Å². The molecule has 7 nitrogen and oxygen atoms in total. The van der Waals surface area contributed by atoms with Gasteiger partial charge in [0.2, 0.25) is 0 Å². The van der Waals surface area contributed by atoms with Crippen molar-refractivity contribution in [1.82, 2.24) is 9.55 Å². The van der Waals surface area contributed by atoms with Crippen LogP contribution in [0.5, 0.6) is 0 Å². The maximum atomic E-state index is 10.4. The second-order valence-electron chi connectivity index (χ2n) is 7.19. The lowest BCUT2D eigenvalue weighted by molar-refractivity contribution is -0.231. The number of benzene rings is 2. The number of hydrogen-bond donors (Lipinski definition) is 4. The van der Waals surface area contributed by atoms with Crippen LogP contribution in [0.15, 0.2) is 67.0 Å². The lowest BCUT2D eigenvalue weighted by atomic mass is 9.95. The molecule has 1 aliphatic heterocycles. The Morgan fingerprint density at radius 3 is 2.00 bits per heavy atom. The molecule has 7 heteroatoms. The number of aliphatic hydroxyl groups is 4. The van der Waals surface area contributed by atoms with Crippen LogP contribution in [0.2, 0.25) is 0 Å². The SMILES string of the molecule is OC[C@H]1O[C@@H](Cn2cnc(-c3ccccc3)c2-c2ccccc2)[C@H](O)[C@@H](O)[C@H]1O. The van der Waals surface area contributed by atoms with Gasteiger partial charge in [-0.2, -0.15) is 0 Å². The van der Waals surface area contributed by atoms with Gasteiger partial charge in [0.25, 0.3) is 0 Å². The van der Waals surface area contributed by atoms with Crippen molar-refractivity contribution in [2.24, 2.45) is 0 Å². The quantitative estimate of drug-likeness (QED) is 0.514. The molecule has 3 aromatic rings. The van der Waals surface area contributed by atoms with E-state index in [9.17, 15) is 20.4 Å². The minimum atomic E-state index is -1.40. The number of hydrogen-bond acceptors (Lipinski definition) is 6. The van der Waals surface area contributed by atoms with E-state index in [1.54, 1.807) is 6.33 Å². The van der Waals surface area contributed by atoms with Crippen molar-refractivity contribution in [3.05, 3.63) is 67.0 Å². The van der Waals surface area contributed by atoms with E-state index >= 15 is 0 Å². The van der Waals surface area contributed by atoms with Crippen molar-refractivity contribution in [2.75, 3.05) is 6.61 Å². The molecule has 29 heavy (non-hydrogen) atoms. The van der Waals surface area contributed by atoms with Gasteiger partial charge in [-0.15, -0.1) is 0 Å². The lowest BCUT2D eigenvalue weighted by Gasteiger charge is -2.40. The summed E-state index contributed by atoms with van der Waals surface area (Å²) < 4.78 is 7.55. The molecule has 1 aliphatic rings. The molecule has 0 radical (unpaired) electrons. The van der Waals surface area contributed by atoms with Crippen LogP contribution in [0.4, 0.5) is 0 Å². The zero-order chi connectivity index (χ0) is 20.4. The monoisotopic (exact) mass is 396 g/mol. The Balaban J connectivity index is 1.72. The third kappa shape index (κ3) is 3.83. The highest BCUT2D eigenvalue weighted by atomic mass is 16.5. The second-order valence-corrected chi connectivity index (χ2v) is 7.19. The number of ether oxygens (including phenoxy) is 1. The minimum Gasteiger partial charge on any atom is -0.394 e. The maximum Gasteiger partial charge on any atom is 0.111 e. The number of aliphatic hydroxyl groups excluding tert-OH is 4. The first-order chi connectivity index (χ1) is 14.1. The van der Waals surface area contributed by atoms with Crippen molar-refractivity contribution < 1.29 is 25.2 Å². The van der Waals surface area contributed by atoms with Gasteiger partial charge in [0.1, 0.15) is 30.5 Å². The topological polar surface area (TPSA) is 108 Å². The summed E-state index contributed by atoms with van der Waals surface area (Å²) in [6.45, 7) is -0.252. The summed E-state index contributed by atoms with van der Waals surface area (Å²) in [5, 5.41) is 40.0. The van der Waals surface area contributed by atoms with E-state index in [-0.39, 0.29) is 6.54 Å². The molecule has 2 heterocycles. The maximum absolute atomic E-state index is 10.4. The van der Waals surface area contributed by atoms with Crippen molar-refractivity contribution >= 4 is 0 Å². The van der Waals surface area contributed by atoms with Crippen molar-refractivity contribution in [3.63, 3.8) is 0 Å². The fraction of sp³-hybridized carbons (Fsp3) is 0.318. The standard InChI is InChI=1S/C22H24N2O5/c25-12-17-21(27)22(28)20(26)16(29-17)11-24-13-23-18(14-7-3-1-4-8-14)19(24)15-9-5-2-6-10-15/h1-10,13,16-17,20-22,25-28H,11-12H2/t16-,17+,20-,21-,22+/m0/s1. The van der Waals surface area contributed by atoms with E-state index < -0.39 is 37.1 Å². The summed E-state index contributed by atoms with van der Waals surface area (Å²) in [5.41, 5.74) is 3.56. The number of nitrogens with zero attached hydrogens (tertiary/aromatic N) is 2. The summed E-state index contributed by atoms with van der Waals surface area (Å²) in [5.74, 6) is 0. The number of aromatic nitrogens is 2. The average Bonchev–Trinajstić information content (AvgIpc) is 3.19. The van der Waals surface area contributed by atoms with Gasteiger partial charge in [-0.3, -0.25) is 0 Å². The first-order valence-electron chi connectivity index (χ1n) is 9.56. The molecule has 5 atom stereocenters. The highest BCUT2D eigenvalue weighted by Gasteiger charge is 2.43. The summed E-state index contributed by atoms with van der Waals surface area (Å²) in [6, 6.07) is 19.6. The second kappa shape index (κ2) is 8.44. The van der Waals surface area contributed by atoms with Gasteiger partial charge in [-0.1, -0.05) is 60.7 Å². The van der Waals surface area contributed by atoms with Crippen LogP contribution in [0.25, 0.3) is 22.5 Å². The van der Waals surface area contributed by atoms with Gasteiger partial charge in [0.05, 0.1) is 30.9 Å². The number of imidazole rings is 1. The Hall–Kier alpha value is -2.55. The van der Waals surface area contributed by atoms with Crippen LogP contribution < -0.4 is 0 Å². The van der Waals surface area contributed by atoms with Crippen molar-refractivity contribution in [1.29, 1.82) is 0 Å². The van der Waals surface area contributed by atoms with Crippen LogP contribution in [0.3, 0.4) is 0 Å². The predicted molar refractivity (Wildman–Crippen MR) is 107 cm³/mol. The molecule has 4 rings (SSSR count). The smallest absolute Gasteiger partial charge is 0.111 e. The van der Waals surface area contributed by atoms with Crippen LogP contribution in [0, 0.1) is 0 Å². The van der Waals surface area contributed by atoms with Crippen LogP contribution >= 0.6 is 0 Å². The fourth-order valence-corrected chi connectivity index (χ4v) is 3.75. The summed E-state index contributed by atoms with van der Waals surface area (Å²) in [6.07, 6.45) is -4.14. The average molecular weight is 396 g/mol.